The van der Waals surface area contributed by atoms with Crippen molar-refractivity contribution in [1.82, 2.24) is 0 Å². The van der Waals surface area contributed by atoms with E-state index in [-0.39, 0.29) is 5.75 Å². The summed E-state index contributed by atoms with van der Waals surface area (Å²) in [4.78, 5) is 0. The maximum atomic E-state index is 9.69. The maximum absolute atomic E-state index is 9.69. The van der Waals surface area contributed by atoms with Crippen molar-refractivity contribution in [3.05, 3.63) is 50.9 Å². The summed E-state index contributed by atoms with van der Waals surface area (Å²) < 4.78 is 7.54. The zero-order valence-electron chi connectivity index (χ0n) is 9.08. The molecular formula is C13H10Br2O2. The van der Waals surface area contributed by atoms with E-state index in [1.54, 1.807) is 18.2 Å². The van der Waals surface area contributed by atoms with Gasteiger partial charge in [0, 0.05) is 8.95 Å². The molecule has 0 aliphatic carbocycles. The predicted molar refractivity (Wildman–Crippen MR) is 74.8 cm³/mol. The Morgan fingerprint density at radius 2 is 1.59 bits per heavy atom. The zero-order chi connectivity index (χ0) is 12.4. The van der Waals surface area contributed by atoms with Gasteiger partial charge in [-0.05, 0) is 48.9 Å². The van der Waals surface area contributed by atoms with Crippen LogP contribution in [0, 0.1) is 6.92 Å². The Hall–Kier alpha value is -1.00. The van der Waals surface area contributed by atoms with E-state index in [0.717, 1.165) is 20.3 Å². The molecule has 2 aromatic carbocycles. The van der Waals surface area contributed by atoms with Crippen LogP contribution in [-0.2, 0) is 0 Å². The molecule has 0 spiro atoms. The minimum Gasteiger partial charge on any atom is -0.504 e. The summed E-state index contributed by atoms with van der Waals surface area (Å²) >= 11 is 6.74. The molecule has 88 valence electrons. The molecule has 17 heavy (non-hydrogen) atoms. The highest BCUT2D eigenvalue weighted by Gasteiger charge is 2.07. The van der Waals surface area contributed by atoms with Crippen LogP contribution in [-0.4, -0.2) is 5.11 Å². The van der Waals surface area contributed by atoms with E-state index in [1.807, 2.05) is 25.1 Å². The fraction of sp³-hybridized carbons (Fsp3) is 0.0769. The molecule has 0 heterocycles. The van der Waals surface area contributed by atoms with E-state index in [2.05, 4.69) is 31.9 Å². The van der Waals surface area contributed by atoms with Crippen LogP contribution in [0.2, 0.25) is 0 Å². The number of aryl methyl sites for hydroxylation is 1. The largest absolute Gasteiger partial charge is 0.504 e. The molecule has 0 atom stereocenters. The highest BCUT2D eigenvalue weighted by atomic mass is 79.9. The van der Waals surface area contributed by atoms with Crippen LogP contribution in [0.4, 0.5) is 0 Å². The van der Waals surface area contributed by atoms with Gasteiger partial charge in [-0.2, -0.15) is 0 Å². The standard InChI is InChI=1S/C13H10Br2O2/c1-8-6-9(14)3-5-12(8)17-13-7-10(15)2-4-11(13)16/h2-7,16H,1H3. The molecule has 2 aromatic rings. The summed E-state index contributed by atoms with van der Waals surface area (Å²) in [5, 5.41) is 9.69. The third-order valence-corrected chi connectivity index (χ3v) is 3.27. The van der Waals surface area contributed by atoms with Crippen molar-refractivity contribution in [1.29, 1.82) is 0 Å². The summed E-state index contributed by atoms with van der Waals surface area (Å²) in [5.41, 5.74) is 0.999. The molecule has 0 bridgehead atoms. The van der Waals surface area contributed by atoms with E-state index in [4.69, 9.17) is 4.74 Å². The van der Waals surface area contributed by atoms with Crippen LogP contribution in [0.15, 0.2) is 45.3 Å². The normalized spacial score (nSPS) is 10.3. The van der Waals surface area contributed by atoms with Gasteiger partial charge in [-0.3, -0.25) is 0 Å². The number of phenolic OH excluding ortho intramolecular Hbond substituents is 1. The first kappa shape index (κ1) is 12.5. The third-order valence-electron chi connectivity index (χ3n) is 2.28. The molecule has 0 radical (unpaired) electrons. The summed E-state index contributed by atoms with van der Waals surface area (Å²) in [6.45, 7) is 1.95. The average molecular weight is 358 g/mol. The number of hydrogen-bond donors (Lipinski definition) is 1. The molecular weight excluding hydrogens is 348 g/mol. The number of rotatable bonds is 2. The Morgan fingerprint density at radius 3 is 2.29 bits per heavy atom. The molecule has 0 fully saturated rings. The van der Waals surface area contributed by atoms with Gasteiger partial charge in [-0.25, -0.2) is 0 Å². The second-order valence-electron chi connectivity index (χ2n) is 3.62. The Kier molecular flexibility index (Phi) is 3.74. The number of hydrogen-bond acceptors (Lipinski definition) is 2. The van der Waals surface area contributed by atoms with Crippen molar-refractivity contribution < 1.29 is 9.84 Å². The van der Waals surface area contributed by atoms with E-state index in [9.17, 15) is 5.11 Å². The van der Waals surface area contributed by atoms with Crippen LogP contribution in [0.5, 0.6) is 17.2 Å². The fourth-order valence-electron chi connectivity index (χ4n) is 1.42. The monoisotopic (exact) mass is 356 g/mol. The number of aromatic hydroxyl groups is 1. The van der Waals surface area contributed by atoms with Crippen molar-refractivity contribution in [2.45, 2.75) is 6.92 Å². The minimum atomic E-state index is 0.121. The maximum Gasteiger partial charge on any atom is 0.170 e. The SMILES string of the molecule is Cc1cc(Br)ccc1Oc1cc(Br)ccc1O. The van der Waals surface area contributed by atoms with E-state index < -0.39 is 0 Å². The summed E-state index contributed by atoms with van der Waals surface area (Å²) in [5.74, 6) is 1.28. The van der Waals surface area contributed by atoms with E-state index in [0.29, 0.717) is 5.75 Å². The highest BCUT2D eigenvalue weighted by molar-refractivity contribution is 9.10. The topological polar surface area (TPSA) is 29.5 Å². The Labute approximate surface area is 116 Å². The van der Waals surface area contributed by atoms with Gasteiger partial charge in [0.25, 0.3) is 0 Å². The van der Waals surface area contributed by atoms with Crippen molar-refractivity contribution in [3.63, 3.8) is 0 Å². The second kappa shape index (κ2) is 5.10. The van der Waals surface area contributed by atoms with Gasteiger partial charge >= 0.3 is 0 Å². The number of benzene rings is 2. The fourth-order valence-corrected chi connectivity index (χ4v) is 2.23. The zero-order valence-corrected chi connectivity index (χ0v) is 12.2. The van der Waals surface area contributed by atoms with Gasteiger partial charge < -0.3 is 9.84 Å². The van der Waals surface area contributed by atoms with Gasteiger partial charge in [-0.1, -0.05) is 31.9 Å². The number of ether oxygens (including phenoxy) is 1. The first-order chi connectivity index (χ1) is 8.06. The summed E-state index contributed by atoms with van der Waals surface area (Å²) in [6, 6.07) is 10.8. The lowest BCUT2D eigenvalue weighted by Crippen LogP contribution is -1.88. The van der Waals surface area contributed by atoms with Crippen LogP contribution in [0.25, 0.3) is 0 Å². The first-order valence-electron chi connectivity index (χ1n) is 4.99. The number of halogens is 2. The predicted octanol–water partition coefficient (Wildman–Crippen LogP) is 5.02. The highest BCUT2D eigenvalue weighted by Crippen LogP contribution is 2.34. The lowest BCUT2D eigenvalue weighted by atomic mass is 10.2. The smallest absolute Gasteiger partial charge is 0.170 e. The van der Waals surface area contributed by atoms with Crippen molar-refractivity contribution in [2.75, 3.05) is 0 Å². The van der Waals surface area contributed by atoms with Gasteiger partial charge in [-0.15, -0.1) is 0 Å². The molecule has 2 nitrogen and oxygen atoms in total. The minimum absolute atomic E-state index is 0.121. The molecule has 4 heteroatoms. The van der Waals surface area contributed by atoms with Gasteiger partial charge in [0.15, 0.2) is 11.5 Å². The van der Waals surface area contributed by atoms with Crippen LogP contribution in [0.3, 0.4) is 0 Å². The molecule has 0 unspecified atom stereocenters. The Morgan fingerprint density at radius 1 is 0.941 bits per heavy atom. The molecule has 0 amide bonds. The van der Waals surface area contributed by atoms with E-state index in [1.165, 1.54) is 0 Å². The lowest BCUT2D eigenvalue weighted by Gasteiger charge is -2.10. The van der Waals surface area contributed by atoms with Crippen molar-refractivity contribution in [2.24, 2.45) is 0 Å². The molecule has 2 rings (SSSR count). The second-order valence-corrected chi connectivity index (χ2v) is 5.46. The van der Waals surface area contributed by atoms with Gasteiger partial charge in [0.1, 0.15) is 5.75 Å². The average Bonchev–Trinajstić information content (AvgIpc) is 2.27. The quantitative estimate of drug-likeness (QED) is 0.817. The Balaban J connectivity index is 2.34. The molecule has 0 aromatic heterocycles. The Bertz CT molecular complexity index is 553. The molecule has 0 aliphatic heterocycles. The summed E-state index contributed by atoms with van der Waals surface area (Å²) in [7, 11) is 0. The lowest BCUT2D eigenvalue weighted by molar-refractivity contribution is 0.409. The van der Waals surface area contributed by atoms with Gasteiger partial charge in [0.2, 0.25) is 0 Å². The van der Waals surface area contributed by atoms with Crippen molar-refractivity contribution >= 4 is 31.9 Å². The summed E-state index contributed by atoms with van der Waals surface area (Å²) in [6.07, 6.45) is 0. The molecule has 0 saturated carbocycles. The van der Waals surface area contributed by atoms with Crippen LogP contribution in [0.1, 0.15) is 5.56 Å². The molecule has 0 saturated heterocycles. The van der Waals surface area contributed by atoms with Crippen LogP contribution < -0.4 is 4.74 Å². The molecule has 1 N–H and O–H groups in total. The third kappa shape index (κ3) is 3.01. The van der Waals surface area contributed by atoms with Crippen LogP contribution >= 0.6 is 31.9 Å². The first-order valence-corrected chi connectivity index (χ1v) is 6.57. The van der Waals surface area contributed by atoms with Crippen molar-refractivity contribution in [3.8, 4) is 17.2 Å². The van der Waals surface area contributed by atoms with E-state index >= 15 is 0 Å². The molecule has 0 aliphatic rings. The van der Waals surface area contributed by atoms with Gasteiger partial charge in [0.05, 0.1) is 0 Å². The number of phenols is 1.